The Labute approximate surface area is 688 Å². The minimum Gasteiger partial charge on any atom is -0.309 e. The van der Waals surface area contributed by atoms with E-state index in [1.54, 1.807) is 0 Å². The molecule has 24 aromatic rings. The molecule has 556 valence electrons. The second-order valence-corrected chi connectivity index (χ2v) is 30.7. The molecule has 119 heavy (non-hydrogen) atoms. The van der Waals surface area contributed by atoms with Crippen molar-refractivity contribution >= 4 is 119 Å². The molecular formula is C114H75N5. The van der Waals surface area contributed by atoms with E-state index in [9.17, 15) is 0 Å². The Morgan fingerprint density at radius 3 is 0.857 bits per heavy atom. The van der Waals surface area contributed by atoms with Crippen LogP contribution in [0.15, 0.2) is 455 Å². The van der Waals surface area contributed by atoms with Crippen LogP contribution < -0.4 is 0 Å². The van der Waals surface area contributed by atoms with Gasteiger partial charge in [-0.15, -0.1) is 0 Å². The zero-order valence-electron chi connectivity index (χ0n) is 65.0. The van der Waals surface area contributed by atoms with E-state index in [0.717, 1.165) is 33.5 Å². The fraction of sp³-hybridized carbons (Fsp3) is 0. The number of benzene rings is 20. The zero-order valence-corrected chi connectivity index (χ0v) is 65.0. The molecular weight excluding hydrogens is 1440 g/mol. The van der Waals surface area contributed by atoms with E-state index in [4.69, 9.17) is 9.97 Å². The van der Waals surface area contributed by atoms with Gasteiger partial charge in [0.2, 0.25) is 5.95 Å². The van der Waals surface area contributed by atoms with E-state index in [-0.39, 0.29) is 0 Å². The van der Waals surface area contributed by atoms with Crippen molar-refractivity contribution in [1.82, 2.24) is 23.7 Å². The zero-order chi connectivity index (χ0) is 78.7. The van der Waals surface area contributed by atoms with Gasteiger partial charge in [0.05, 0.1) is 44.5 Å². The molecule has 0 radical (unpaired) electrons. The van der Waals surface area contributed by atoms with Crippen LogP contribution in [0.25, 0.3) is 215 Å². The number of aromatic nitrogens is 5. The summed E-state index contributed by atoms with van der Waals surface area (Å²) >= 11 is 0. The minimum atomic E-state index is 0.662. The van der Waals surface area contributed by atoms with Gasteiger partial charge >= 0.3 is 0 Å². The second kappa shape index (κ2) is 29.9. The summed E-state index contributed by atoms with van der Waals surface area (Å²) in [5, 5.41) is 20.1. The van der Waals surface area contributed by atoms with Crippen molar-refractivity contribution in [2.24, 2.45) is 0 Å². The average molecular weight is 1510 g/mol. The molecule has 4 heterocycles. The van der Waals surface area contributed by atoms with Gasteiger partial charge in [0.25, 0.3) is 0 Å². The van der Waals surface area contributed by atoms with Crippen LogP contribution in [0.2, 0.25) is 0 Å². The van der Waals surface area contributed by atoms with E-state index in [1.165, 1.54) is 175 Å². The molecule has 24 rings (SSSR count). The first-order valence-corrected chi connectivity index (χ1v) is 40.7. The number of nitrogens with zero attached hydrogens (tertiary/aromatic N) is 5. The van der Waals surface area contributed by atoms with Gasteiger partial charge in [-0.2, -0.15) is 0 Å². The highest BCUT2D eigenvalue weighted by Crippen LogP contribution is 2.44. The lowest BCUT2D eigenvalue weighted by molar-refractivity contribution is 0.996. The largest absolute Gasteiger partial charge is 0.309 e. The van der Waals surface area contributed by atoms with Gasteiger partial charge in [0.15, 0.2) is 0 Å². The number of fused-ring (bicyclic) bond motifs is 17. The summed E-state index contributed by atoms with van der Waals surface area (Å²) in [6.07, 6.45) is 0. The van der Waals surface area contributed by atoms with E-state index in [0.29, 0.717) is 5.95 Å². The topological polar surface area (TPSA) is 40.6 Å². The normalized spacial score (nSPS) is 11.5. The van der Waals surface area contributed by atoms with Crippen LogP contribution >= 0.6 is 0 Å². The van der Waals surface area contributed by atoms with Gasteiger partial charge in [-0.3, -0.25) is 4.57 Å². The number of rotatable bonds is 10. The number of hydrogen-bond acceptors (Lipinski definition) is 2. The van der Waals surface area contributed by atoms with Crippen LogP contribution in [0.5, 0.6) is 0 Å². The highest BCUT2D eigenvalue weighted by molar-refractivity contribution is 6.24. The molecule has 0 amide bonds. The summed E-state index contributed by atoms with van der Waals surface area (Å²) in [7, 11) is 0. The lowest BCUT2D eigenvalue weighted by atomic mass is 9.96. The third-order valence-corrected chi connectivity index (χ3v) is 23.8. The quantitative estimate of drug-likeness (QED) is 0.137. The predicted molar refractivity (Wildman–Crippen MR) is 504 cm³/mol. The third-order valence-electron chi connectivity index (χ3n) is 23.8. The van der Waals surface area contributed by atoms with Gasteiger partial charge < -0.3 is 9.13 Å². The van der Waals surface area contributed by atoms with Gasteiger partial charge in [-0.1, -0.05) is 370 Å². The highest BCUT2D eigenvalue weighted by Gasteiger charge is 2.22. The standard InChI is InChI=1S/C38H25N3.2C38H25N/c1-4-12-26(13-5-1)30-21-20-27-22-23-36-37(32(27)24-30)31-18-10-11-19-35(31)41(36)38-39-33(28-14-6-2-7-15-28)25-34(40-38)29-16-8-3-9-17-29;1-2-8-26(9-3-1)28-14-16-29(17-15-28)31-19-22-34-32(24-31)20-23-37-38(34)35-12-6-7-13-36(35)39(37)33-21-18-27-10-4-5-11-30(27)25-33;1-2-8-26(9-3-1)28-14-16-29(17-15-28)32-19-18-30-21-23-37-38(35(30)25-32)34-12-6-7-13-36(34)39(37)33-22-20-27-10-4-5-11-31(27)24-33/h1-25H;2*1-25H. The summed E-state index contributed by atoms with van der Waals surface area (Å²) in [6, 6.07) is 163. The van der Waals surface area contributed by atoms with Crippen LogP contribution in [-0.4, -0.2) is 23.7 Å². The maximum absolute atomic E-state index is 5.17. The Morgan fingerprint density at radius 2 is 0.429 bits per heavy atom. The highest BCUT2D eigenvalue weighted by atomic mass is 15.2. The van der Waals surface area contributed by atoms with E-state index in [1.807, 2.05) is 12.1 Å². The molecule has 0 aliphatic heterocycles. The molecule has 0 fully saturated rings. The van der Waals surface area contributed by atoms with Gasteiger partial charge in [-0.05, 0) is 194 Å². The summed E-state index contributed by atoms with van der Waals surface area (Å²) in [6.45, 7) is 0. The SMILES string of the molecule is c1ccc(-c2ccc(-c3ccc4c(ccc5c4c4ccccc4n5-c4ccc5ccccc5c4)c3)cc2)cc1.c1ccc(-c2ccc(-c3ccc4ccc5c(c4c3)c3ccccc3n5-c3ccc4ccccc4c3)cc2)cc1.c1ccc(-c2ccc3ccc4c(c3c2)c2ccccc2n4-c2nc(-c3ccccc3)cc(-c3ccccc3)n2)cc1. The van der Waals surface area contributed by atoms with Crippen molar-refractivity contribution in [2.75, 3.05) is 0 Å². The summed E-state index contributed by atoms with van der Waals surface area (Å²) in [5.74, 6) is 0.662. The molecule has 0 aliphatic rings. The Hall–Kier alpha value is -15.8. The molecule has 0 saturated heterocycles. The second-order valence-electron chi connectivity index (χ2n) is 30.7. The smallest absolute Gasteiger partial charge is 0.235 e. The van der Waals surface area contributed by atoms with Gasteiger partial charge in [-0.25, -0.2) is 9.97 Å². The molecule has 20 aromatic carbocycles. The molecule has 0 unspecified atom stereocenters. The summed E-state index contributed by atoms with van der Waals surface area (Å²) < 4.78 is 7.04. The van der Waals surface area contributed by atoms with Gasteiger partial charge in [0, 0.05) is 54.8 Å². The predicted octanol–water partition coefficient (Wildman–Crippen LogP) is 30.6. The summed E-state index contributed by atoms with van der Waals surface area (Å²) in [5.41, 5.74) is 25.7. The van der Waals surface area contributed by atoms with E-state index in [2.05, 4.69) is 457 Å². The third kappa shape index (κ3) is 12.8. The van der Waals surface area contributed by atoms with Crippen LogP contribution in [-0.2, 0) is 0 Å². The van der Waals surface area contributed by atoms with Crippen molar-refractivity contribution in [3.05, 3.63) is 455 Å². The molecule has 0 N–H and O–H groups in total. The fourth-order valence-corrected chi connectivity index (χ4v) is 18.0. The lowest BCUT2D eigenvalue weighted by Gasteiger charge is -2.12. The average Bonchev–Trinajstić information content (AvgIpc) is 1.59. The Balaban J connectivity index is 0.000000107. The monoisotopic (exact) mass is 1510 g/mol. The van der Waals surface area contributed by atoms with Crippen molar-refractivity contribution in [2.45, 2.75) is 0 Å². The summed E-state index contributed by atoms with van der Waals surface area (Å²) in [4.78, 5) is 10.3. The molecule has 0 saturated carbocycles. The molecule has 5 heteroatoms. The molecule has 0 spiro atoms. The Kier molecular flexibility index (Phi) is 17.5. The molecule has 0 atom stereocenters. The number of para-hydroxylation sites is 3. The van der Waals surface area contributed by atoms with E-state index >= 15 is 0 Å². The maximum Gasteiger partial charge on any atom is 0.235 e. The Bertz CT molecular complexity index is 7930. The van der Waals surface area contributed by atoms with Crippen LogP contribution in [0.1, 0.15) is 0 Å². The fourth-order valence-electron chi connectivity index (χ4n) is 18.0. The maximum atomic E-state index is 5.17. The van der Waals surface area contributed by atoms with Crippen molar-refractivity contribution in [3.8, 4) is 95.5 Å². The van der Waals surface area contributed by atoms with Crippen molar-refractivity contribution in [3.63, 3.8) is 0 Å². The molecule has 0 aliphatic carbocycles. The van der Waals surface area contributed by atoms with Crippen molar-refractivity contribution in [1.29, 1.82) is 0 Å². The first kappa shape index (κ1) is 69.9. The molecule has 4 aromatic heterocycles. The molecule has 5 nitrogen and oxygen atoms in total. The Morgan fingerprint density at radius 1 is 0.143 bits per heavy atom. The van der Waals surface area contributed by atoms with Crippen LogP contribution in [0.4, 0.5) is 0 Å². The van der Waals surface area contributed by atoms with E-state index < -0.39 is 0 Å². The number of hydrogen-bond donors (Lipinski definition) is 0. The van der Waals surface area contributed by atoms with Crippen molar-refractivity contribution < 1.29 is 0 Å². The first-order valence-electron chi connectivity index (χ1n) is 40.7. The molecule has 0 bridgehead atoms. The van der Waals surface area contributed by atoms with Crippen LogP contribution in [0.3, 0.4) is 0 Å². The first-order chi connectivity index (χ1) is 59.0. The van der Waals surface area contributed by atoms with Crippen LogP contribution in [0, 0.1) is 0 Å². The lowest BCUT2D eigenvalue weighted by Crippen LogP contribution is -2.03. The van der Waals surface area contributed by atoms with Gasteiger partial charge in [0.1, 0.15) is 0 Å². The minimum absolute atomic E-state index is 0.662.